The molecule has 0 amide bonds. The van der Waals surface area contributed by atoms with E-state index < -0.39 is 57.6 Å². The maximum atomic E-state index is 14.7. The molecule has 0 spiro atoms. The Kier molecular flexibility index (Phi) is 9.06. The summed E-state index contributed by atoms with van der Waals surface area (Å²) in [6.45, 7) is 4.86. The Balaban J connectivity index is 1.69. The highest BCUT2D eigenvalue weighted by atomic mass is 16.3. The molecule has 6 rings (SSSR count). The summed E-state index contributed by atoms with van der Waals surface area (Å²) in [7, 11) is 0. The van der Waals surface area contributed by atoms with Crippen molar-refractivity contribution in [3.05, 3.63) is 105 Å². The number of fused-ring (bicyclic) bond motifs is 1. The maximum absolute atomic E-state index is 14.7. The molecular weight excluding hydrogens is 672 g/mol. The number of hydrogen-bond donors (Lipinski definition) is 9. The number of rotatable bonds is 8. The lowest BCUT2D eigenvalue weighted by molar-refractivity contribution is 0.0713. The highest BCUT2D eigenvalue weighted by Crippen LogP contribution is 2.53. The van der Waals surface area contributed by atoms with Crippen molar-refractivity contribution < 1.29 is 55.2 Å². The number of aliphatic hydroxyl groups is 1. The lowest BCUT2D eigenvalue weighted by Gasteiger charge is -2.37. The van der Waals surface area contributed by atoms with Crippen molar-refractivity contribution in [3.8, 4) is 57.3 Å². The Morgan fingerprint density at radius 2 is 1.40 bits per heavy atom. The van der Waals surface area contributed by atoms with E-state index in [0.717, 1.165) is 24.3 Å². The molecule has 12 heteroatoms. The molecular formula is C40H38O12. The summed E-state index contributed by atoms with van der Waals surface area (Å²) in [5, 5.41) is 95.8. The van der Waals surface area contributed by atoms with Crippen molar-refractivity contribution in [2.45, 2.75) is 57.5 Å². The van der Waals surface area contributed by atoms with E-state index in [1.165, 1.54) is 36.4 Å². The van der Waals surface area contributed by atoms with Gasteiger partial charge in [0.05, 0.1) is 16.7 Å². The van der Waals surface area contributed by atoms with Gasteiger partial charge in [-0.05, 0) is 75.9 Å². The summed E-state index contributed by atoms with van der Waals surface area (Å²) in [4.78, 5) is 29.1. The predicted molar refractivity (Wildman–Crippen MR) is 190 cm³/mol. The first kappa shape index (κ1) is 35.7. The molecule has 0 unspecified atom stereocenters. The zero-order valence-corrected chi connectivity index (χ0v) is 28.5. The van der Waals surface area contributed by atoms with E-state index in [2.05, 4.69) is 0 Å². The van der Waals surface area contributed by atoms with Crippen molar-refractivity contribution in [1.82, 2.24) is 0 Å². The summed E-state index contributed by atoms with van der Waals surface area (Å²) in [5.41, 5.74) is -1.66. The SMILES string of the molecule is CC1=C[C@@H](c2c(O)cc(O)c3c(=O)c(CCC(C)(C)O)c(-c4ccc(O)cc4O)oc23)[C@H](C(=O)c2ccc(O)cc2O)[C@@H](c2ccc(O)cc2O)C1. The number of phenolic OH excluding ortho intramolecular Hbond substituents is 8. The Bertz CT molecular complexity index is 2330. The smallest absolute Gasteiger partial charge is 0.200 e. The molecule has 9 N–H and O–H groups in total. The van der Waals surface area contributed by atoms with Crippen LogP contribution in [-0.4, -0.2) is 57.3 Å². The number of carbonyl (C=O) groups excluding carboxylic acids is 1. The van der Waals surface area contributed by atoms with Crippen molar-refractivity contribution in [2.24, 2.45) is 5.92 Å². The number of Topliss-reactive ketones (excluding diaryl/α,β-unsaturated/α-hetero) is 1. The number of benzene rings is 4. The minimum absolute atomic E-state index is 0.0137. The number of phenols is 8. The zero-order chi connectivity index (χ0) is 37.8. The van der Waals surface area contributed by atoms with Gasteiger partial charge >= 0.3 is 0 Å². The van der Waals surface area contributed by atoms with Crippen LogP contribution in [0, 0.1) is 5.92 Å². The first-order valence-electron chi connectivity index (χ1n) is 16.5. The minimum atomic E-state index is -1.24. The van der Waals surface area contributed by atoms with E-state index in [-0.39, 0.29) is 86.8 Å². The molecule has 0 aliphatic heterocycles. The van der Waals surface area contributed by atoms with Gasteiger partial charge in [0, 0.05) is 53.1 Å². The van der Waals surface area contributed by atoms with E-state index >= 15 is 0 Å². The molecule has 0 fully saturated rings. The second-order valence-electron chi connectivity index (χ2n) is 14.0. The molecule has 12 nitrogen and oxygen atoms in total. The van der Waals surface area contributed by atoms with Crippen molar-refractivity contribution in [1.29, 1.82) is 0 Å². The second kappa shape index (κ2) is 13.2. The molecule has 1 aliphatic rings. The normalized spacial score (nSPS) is 17.6. The van der Waals surface area contributed by atoms with E-state index in [0.29, 0.717) is 5.57 Å². The predicted octanol–water partition coefficient (Wildman–Crippen LogP) is 6.52. The van der Waals surface area contributed by atoms with Gasteiger partial charge in [0.15, 0.2) is 11.2 Å². The molecule has 0 saturated carbocycles. The van der Waals surface area contributed by atoms with Crippen LogP contribution in [0.25, 0.3) is 22.3 Å². The Hall–Kier alpha value is -6.14. The van der Waals surface area contributed by atoms with Crippen molar-refractivity contribution in [3.63, 3.8) is 0 Å². The fourth-order valence-electron chi connectivity index (χ4n) is 7.17. The fraction of sp³-hybridized carbons (Fsp3) is 0.250. The van der Waals surface area contributed by atoms with Gasteiger partial charge in [-0.1, -0.05) is 17.7 Å². The monoisotopic (exact) mass is 710 g/mol. The van der Waals surface area contributed by atoms with E-state index in [4.69, 9.17) is 4.42 Å². The summed E-state index contributed by atoms with van der Waals surface area (Å²) in [6.07, 6.45) is 1.88. The number of carbonyl (C=O) groups is 1. The number of allylic oxidation sites excluding steroid dienone is 2. The van der Waals surface area contributed by atoms with Crippen LogP contribution in [0.1, 0.15) is 72.5 Å². The molecule has 0 radical (unpaired) electrons. The third kappa shape index (κ3) is 6.56. The number of hydrogen-bond acceptors (Lipinski definition) is 12. The van der Waals surface area contributed by atoms with E-state index in [9.17, 15) is 55.5 Å². The van der Waals surface area contributed by atoms with Crippen molar-refractivity contribution in [2.75, 3.05) is 0 Å². The summed E-state index contributed by atoms with van der Waals surface area (Å²) < 4.78 is 6.43. The van der Waals surface area contributed by atoms with Gasteiger partial charge in [0.2, 0.25) is 0 Å². The highest BCUT2D eigenvalue weighted by molar-refractivity contribution is 6.02. The highest BCUT2D eigenvalue weighted by Gasteiger charge is 2.44. The van der Waals surface area contributed by atoms with Gasteiger partial charge in [-0.3, -0.25) is 9.59 Å². The fourth-order valence-corrected chi connectivity index (χ4v) is 7.17. The lowest BCUT2D eigenvalue weighted by Crippen LogP contribution is -2.32. The van der Waals surface area contributed by atoms with Crippen LogP contribution in [0.15, 0.2) is 81.5 Å². The molecule has 52 heavy (non-hydrogen) atoms. The van der Waals surface area contributed by atoms with Gasteiger partial charge in [-0.15, -0.1) is 0 Å². The summed E-state index contributed by atoms with van der Waals surface area (Å²) >= 11 is 0. The van der Waals surface area contributed by atoms with Crippen LogP contribution in [-0.2, 0) is 6.42 Å². The van der Waals surface area contributed by atoms with Gasteiger partial charge in [-0.25, -0.2) is 0 Å². The van der Waals surface area contributed by atoms with Crippen LogP contribution in [0.2, 0.25) is 0 Å². The average Bonchev–Trinajstić information content (AvgIpc) is 3.03. The topological polar surface area (TPSA) is 229 Å². The van der Waals surface area contributed by atoms with Gasteiger partial charge in [-0.2, -0.15) is 0 Å². The van der Waals surface area contributed by atoms with Crippen LogP contribution in [0.3, 0.4) is 0 Å². The van der Waals surface area contributed by atoms with Crippen molar-refractivity contribution >= 4 is 16.8 Å². The van der Waals surface area contributed by atoms with Gasteiger partial charge < -0.3 is 50.4 Å². The van der Waals surface area contributed by atoms with Crippen LogP contribution in [0.5, 0.6) is 46.0 Å². The molecule has 1 heterocycles. The zero-order valence-electron chi connectivity index (χ0n) is 28.5. The molecule has 1 aromatic heterocycles. The molecule has 3 atom stereocenters. The Labute approximate surface area is 297 Å². The molecule has 0 bridgehead atoms. The Morgan fingerprint density at radius 1 is 0.788 bits per heavy atom. The van der Waals surface area contributed by atoms with E-state index in [1.807, 2.05) is 0 Å². The summed E-state index contributed by atoms with van der Waals surface area (Å²) in [5.74, 6) is -7.38. The number of ketones is 1. The van der Waals surface area contributed by atoms with Crippen LogP contribution >= 0.6 is 0 Å². The minimum Gasteiger partial charge on any atom is -0.508 e. The molecule has 5 aromatic rings. The van der Waals surface area contributed by atoms with Gasteiger partial charge in [0.1, 0.15) is 62.7 Å². The molecule has 0 saturated heterocycles. The molecule has 1 aliphatic carbocycles. The largest absolute Gasteiger partial charge is 0.508 e. The third-order valence-corrected chi connectivity index (χ3v) is 9.59. The van der Waals surface area contributed by atoms with Gasteiger partial charge in [0.25, 0.3) is 0 Å². The first-order chi connectivity index (χ1) is 24.4. The molecule has 270 valence electrons. The standard InChI is InChI=1S/C40H38O12/c1-18-12-26(22-7-4-19(41)14-28(22)44)33(36(49)23-8-5-20(42)15-29(23)45)27(13-18)34-31(47)17-32(48)35-37(50)25(10-11-40(2,3)51)38(52-39(34)35)24-9-6-21(43)16-30(24)46/h4-9,13-17,26-27,33,41-48,51H,10-12H2,1-3H3/t26-,27-,33-/m1/s1. The second-order valence-corrected chi connectivity index (χ2v) is 14.0. The van der Waals surface area contributed by atoms with Crippen LogP contribution in [0.4, 0.5) is 0 Å². The quantitative estimate of drug-likeness (QED) is 0.0619. The lowest BCUT2D eigenvalue weighted by atomic mass is 9.65. The number of aromatic hydroxyl groups is 8. The van der Waals surface area contributed by atoms with E-state index in [1.54, 1.807) is 26.8 Å². The van der Waals surface area contributed by atoms with Crippen LogP contribution < -0.4 is 5.43 Å². The maximum Gasteiger partial charge on any atom is 0.200 e. The Morgan fingerprint density at radius 3 is 2.02 bits per heavy atom. The average molecular weight is 711 g/mol. The molecule has 4 aromatic carbocycles. The first-order valence-corrected chi connectivity index (χ1v) is 16.5. The summed E-state index contributed by atoms with van der Waals surface area (Å²) in [6, 6.07) is 12.0. The third-order valence-electron chi connectivity index (χ3n) is 9.59.